The molecule has 0 bridgehead atoms. The number of thiophene rings is 1. The number of aryl methyl sites for hydroxylation is 1. The van der Waals surface area contributed by atoms with E-state index in [4.69, 9.17) is 0 Å². The van der Waals surface area contributed by atoms with Crippen molar-refractivity contribution < 1.29 is 9.18 Å². The van der Waals surface area contributed by atoms with Gasteiger partial charge in [0.05, 0.1) is 17.1 Å². The van der Waals surface area contributed by atoms with E-state index in [1.807, 2.05) is 23.7 Å². The summed E-state index contributed by atoms with van der Waals surface area (Å²) in [4.78, 5) is 16.9. The van der Waals surface area contributed by atoms with E-state index in [0.717, 1.165) is 41.0 Å². The molecule has 164 valence electrons. The first-order valence-corrected chi connectivity index (χ1v) is 11.7. The monoisotopic (exact) mass is 448 g/mol. The summed E-state index contributed by atoms with van der Waals surface area (Å²) in [6.45, 7) is 5.16. The molecule has 2 aromatic carbocycles. The van der Waals surface area contributed by atoms with Crippen molar-refractivity contribution in [1.29, 1.82) is 0 Å². The largest absolute Gasteiger partial charge is 0.371 e. The number of nitrogens with one attached hydrogen (secondary N) is 1. The molecule has 7 heteroatoms. The molecule has 1 unspecified atom stereocenters. The first kappa shape index (κ1) is 20.7. The summed E-state index contributed by atoms with van der Waals surface area (Å²) >= 11 is 1.46. The van der Waals surface area contributed by atoms with Gasteiger partial charge in [0.25, 0.3) is 5.91 Å². The van der Waals surface area contributed by atoms with Gasteiger partial charge in [0.2, 0.25) is 0 Å². The van der Waals surface area contributed by atoms with Crippen LogP contribution in [0.3, 0.4) is 0 Å². The first-order valence-electron chi connectivity index (χ1n) is 10.9. The van der Waals surface area contributed by atoms with Gasteiger partial charge in [0, 0.05) is 30.7 Å². The van der Waals surface area contributed by atoms with Crippen LogP contribution in [0.5, 0.6) is 0 Å². The number of aromatic nitrogens is 2. The second kappa shape index (κ2) is 8.74. The maximum Gasteiger partial charge on any atom is 0.261 e. The lowest BCUT2D eigenvalue weighted by atomic mass is 10.1. The molecule has 0 spiro atoms. The predicted octanol–water partition coefficient (Wildman–Crippen LogP) is 4.85. The van der Waals surface area contributed by atoms with Gasteiger partial charge in [-0.3, -0.25) is 9.48 Å². The maximum absolute atomic E-state index is 13.2. The molecule has 5 rings (SSSR count). The number of benzene rings is 2. The number of carbonyl (C=O) groups is 1. The minimum Gasteiger partial charge on any atom is -0.371 e. The summed E-state index contributed by atoms with van der Waals surface area (Å²) in [7, 11) is 0. The molecular weight excluding hydrogens is 423 g/mol. The zero-order valence-electron chi connectivity index (χ0n) is 17.9. The van der Waals surface area contributed by atoms with Crippen molar-refractivity contribution >= 4 is 33.1 Å². The van der Waals surface area contributed by atoms with Crippen molar-refractivity contribution in [3.63, 3.8) is 0 Å². The minimum absolute atomic E-state index is 0.0305. The average Bonchev–Trinajstić information content (AvgIpc) is 3.52. The summed E-state index contributed by atoms with van der Waals surface area (Å²) in [5.41, 5.74) is 3.11. The van der Waals surface area contributed by atoms with Crippen LogP contribution in [0.4, 0.5) is 10.1 Å². The number of fused-ring (bicyclic) bond motifs is 1. The van der Waals surface area contributed by atoms with Gasteiger partial charge in [0.1, 0.15) is 10.6 Å². The van der Waals surface area contributed by atoms with Gasteiger partial charge in [-0.15, -0.1) is 11.3 Å². The third-order valence-corrected chi connectivity index (χ3v) is 7.18. The van der Waals surface area contributed by atoms with Crippen LogP contribution in [0.25, 0.3) is 10.2 Å². The highest BCUT2D eigenvalue weighted by Crippen LogP contribution is 2.29. The minimum atomic E-state index is -0.250. The second-order valence-electron chi connectivity index (χ2n) is 8.35. The van der Waals surface area contributed by atoms with E-state index in [9.17, 15) is 9.18 Å². The highest BCUT2D eigenvalue weighted by Gasteiger charge is 2.24. The third kappa shape index (κ3) is 4.25. The van der Waals surface area contributed by atoms with E-state index in [-0.39, 0.29) is 11.7 Å². The molecule has 1 amide bonds. The van der Waals surface area contributed by atoms with Crippen molar-refractivity contribution in [3.8, 4) is 0 Å². The number of rotatable bonds is 6. The Hall–Kier alpha value is -3.19. The molecule has 0 aliphatic carbocycles. The van der Waals surface area contributed by atoms with Crippen LogP contribution in [0.1, 0.15) is 27.3 Å². The van der Waals surface area contributed by atoms with Gasteiger partial charge < -0.3 is 10.2 Å². The van der Waals surface area contributed by atoms with Crippen LogP contribution < -0.4 is 10.2 Å². The highest BCUT2D eigenvalue weighted by atomic mass is 32.1. The Morgan fingerprint density at radius 3 is 2.75 bits per heavy atom. The summed E-state index contributed by atoms with van der Waals surface area (Å²) in [6, 6.07) is 18.8. The van der Waals surface area contributed by atoms with Gasteiger partial charge in [-0.05, 0) is 55.2 Å². The smallest absolute Gasteiger partial charge is 0.261 e. The molecule has 0 saturated carbocycles. The van der Waals surface area contributed by atoms with E-state index in [0.29, 0.717) is 23.9 Å². The zero-order chi connectivity index (χ0) is 22.1. The van der Waals surface area contributed by atoms with Crippen LogP contribution in [-0.2, 0) is 6.54 Å². The molecule has 1 atom stereocenters. The van der Waals surface area contributed by atoms with Crippen LogP contribution in [0.2, 0.25) is 0 Å². The van der Waals surface area contributed by atoms with Crippen LogP contribution in [-0.4, -0.2) is 35.3 Å². The standard InChI is InChI=1S/C25H25FN4OS/c1-17-22-13-23(32-25(22)30(28-17)16-18-7-9-20(26)10-8-18)24(31)27-14-19-11-12-29(15-19)21-5-3-2-4-6-21/h2-10,13,19H,11-12,14-16H2,1H3,(H,27,31). The van der Waals surface area contributed by atoms with Crippen molar-refractivity contribution in [2.24, 2.45) is 5.92 Å². The molecule has 0 radical (unpaired) electrons. The Bertz CT molecular complexity index is 1230. The number of nitrogens with zero attached hydrogens (tertiary/aromatic N) is 3. The van der Waals surface area contributed by atoms with Crippen molar-refractivity contribution in [2.45, 2.75) is 19.9 Å². The van der Waals surface area contributed by atoms with Crippen LogP contribution in [0, 0.1) is 18.7 Å². The number of halogens is 1. The van der Waals surface area contributed by atoms with E-state index in [1.165, 1.54) is 29.2 Å². The number of amides is 1. The lowest BCUT2D eigenvalue weighted by Gasteiger charge is -2.18. The summed E-state index contributed by atoms with van der Waals surface area (Å²) in [6.07, 6.45) is 1.08. The van der Waals surface area contributed by atoms with E-state index in [2.05, 4.69) is 39.6 Å². The Kier molecular flexibility index (Phi) is 5.66. The van der Waals surface area contributed by atoms with Gasteiger partial charge in [-0.25, -0.2) is 4.39 Å². The normalized spacial score (nSPS) is 16.1. The van der Waals surface area contributed by atoms with Gasteiger partial charge >= 0.3 is 0 Å². The number of anilines is 1. The SMILES string of the molecule is Cc1nn(Cc2ccc(F)cc2)c2sc(C(=O)NCC3CCN(c4ccccc4)C3)cc12. The molecular formula is C25H25FN4OS. The highest BCUT2D eigenvalue weighted by molar-refractivity contribution is 7.20. The van der Waals surface area contributed by atoms with Gasteiger partial charge in [-0.2, -0.15) is 5.10 Å². The first-order chi connectivity index (χ1) is 15.6. The van der Waals surface area contributed by atoms with Crippen LogP contribution >= 0.6 is 11.3 Å². The fourth-order valence-corrected chi connectivity index (χ4v) is 5.37. The summed E-state index contributed by atoms with van der Waals surface area (Å²) in [5, 5.41) is 8.74. The third-order valence-electron chi connectivity index (χ3n) is 6.04. The quantitative estimate of drug-likeness (QED) is 0.459. The molecule has 5 nitrogen and oxygen atoms in total. The van der Waals surface area contributed by atoms with Gasteiger partial charge in [0.15, 0.2) is 0 Å². The lowest BCUT2D eigenvalue weighted by molar-refractivity contribution is 0.0952. The number of hydrogen-bond donors (Lipinski definition) is 1. The van der Waals surface area contributed by atoms with Crippen molar-refractivity contribution in [2.75, 3.05) is 24.5 Å². The average molecular weight is 449 g/mol. The molecule has 32 heavy (non-hydrogen) atoms. The van der Waals surface area contributed by atoms with E-state index in [1.54, 1.807) is 12.1 Å². The fourth-order valence-electron chi connectivity index (χ4n) is 4.29. The van der Waals surface area contributed by atoms with E-state index < -0.39 is 0 Å². The number of carbonyl (C=O) groups excluding carboxylic acids is 1. The Balaban J connectivity index is 1.24. The second-order valence-corrected chi connectivity index (χ2v) is 9.38. The summed E-state index contributed by atoms with van der Waals surface area (Å²) < 4.78 is 15.1. The van der Waals surface area contributed by atoms with Crippen molar-refractivity contribution in [1.82, 2.24) is 15.1 Å². The Morgan fingerprint density at radius 2 is 1.97 bits per heavy atom. The lowest BCUT2D eigenvalue weighted by Crippen LogP contribution is -2.30. The molecule has 3 heterocycles. The van der Waals surface area contributed by atoms with E-state index >= 15 is 0 Å². The number of para-hydroxylation sites is 1. The molecule has 4 aromatic rings. The molecule has 2 aromatic heterocycles. The Morgan fingerprint density at radius 1 is 1.19 bits per heavy atom. The topological polar surface area (TPSA) is 50.2 Å². The molecule has 1 aliphatic rings. The van der Waals surface area contributed by atoms with Gasteiger partial charge in [-0.1, -0.05) is 30.3 Å². The van der Waals surface area contributed by atoms with Crippen LogP contribution in [0.15, 0.2) is 60.7 Å². The zero-order valence-corrected chi connectivity index (χ0v) is 18.7. The molecule has 1 fully saturated rings. The molecule has 1 saturated heterocycles. The predicted molar refractivity (Wildman–Crippen MR) is 127 cm³/mol. The number of hydrogen-bond acceptors (Lipinski definition) is 4. The fraction of sp³-hybridized carbons (Fsp3) is 0.280. The molecule has 1 aliphatic heterocycles. The summed E-state index contributed by atoms with van der Waals surface area (Å²) in [5.74, 6) is 0.168. The maximum atomic E-state index is 13.2. The Labute approximate surface area is 190 Å². The molecule has 1 N–H and O–H groups in total. The van der Waals surface area contributed by atoms with Crippen molar-refractivity contribution in [3.05, 3.63) is 82.6 Å².